The van der Waals surface area contributed by atoms with Gasteiger partial charge in [-0.1, -0.05) is 24.3 Å². The van der Waals surface area contributed by atoms with Crippen LogP contribution in [-0.4, -0.2) is 18.3 Å². The minimum atomic E-state index is -4.47. The van der Waals surface area contributed by atoms with E-state index in [2.05, 4.69) is 0 Å². The van der Waals surface area contributed by atoms with E-state index in [0.29, 0.717) is 0 Å². The molecule has 0 unspecified atom stereocenters. The maximum atomic E-state index is 14.2. The molecule has 0 saturated heterocycles. The second-order valence-electron chi connectivity index (χ2n) is 7.40. The molecule has 0 atom stereocenters. The van der Waals surface area contributed by atoms with Crippen molar-refractivity contribution in [3.05, 3.63) is 117 Å². The van der Waals surface area contributed by atoms with Gasteiger partial charge in [0, 0.05) is 35.4 Å². The van der Waals surface area contributed by atoms with Crippen molar-refractivity contribution < 1.29 is 27.0 Å². The number of hydrogen-bond donors (Lipinski definition) is 0. The smallest absolute Gasteiger partial charge is 0.258 e. The molecule has 0 aromatic heterocycles. The van der Waals surface area contributed by atoms with E-state index in [-0.39, 0.29) is 43.4 Å². The summed E-state index contributed by atoms with van der Waals surface area (Å²) in [4.78, 5) is 20.3. The highest BCUT2D eigenvalue weighted by molar-refractivity contribution is 7.91. The van der Waals surface area contributed by atoms with E-state index in [0.717, 1.165) is 48.5 Å². The molecule has 8 nitrogen and oxygen atoms in total. The lowest BCUT2D eigenvalue weighted by molar-refractivity contribution is -0.385. The molecule has 0 aliphatic rings. The molecule has 11 heteroatoms. The predicted octanol–water partition coefficient (Wildman–Crippen LogP) is 5.95. The molecule has 0 fully saturated rings. The Balaban J connectivity index is 1.96. The van der Waals surface area contributed by atoms with Crippen LogP contribution >= 0.6 is 0 Å². The van der Waals surface area contributed by atoms with Crippen molar-refractivity contribution in [2.75, 3.05) is 0 Å². The van der Waals surface area contributed by atoms with Gasteiger partial charge in [-0.3, -0.25) is 20.2 Å². The van der Waals surface area contributed by atoms with Crippen molar-refractivity contribution in [2.24, 2.45) is 0 Å². The standard InChI is InChI=1S/C24H14F2N2O6S/c25-17-7-9-23(21(13-17)15-3-1-5-19(11-15)27(29)30)35(33,34)24-10-8-18(26)14-22(24)16-4-2-6-20(12-16)28(31)32/h1-14H. The average molecular weight is 496 g/mol. The molecule has 0 bridgehead atoms. The molecule has 0 radical (unpaired) electrons. The van der Waals surface area contributed by atoms with E-state index in [9.17, 15) is 37.4 Å². The Kier molecular flexibility index (Phi) is 6.10. The zero-order valence-electron chi connectivity index (χ0n) is 17.6. The third-order valence-corrected chi connectivity index (χ3v) is 7.07. The van der Waals surface area contributed by atoms with E-state index in [4.69, 9.17) is 0 Å². The summed E-state index contributed by atoms with van der Waals surface area (Å²) in [6.45, 7) is 0. The van der Waals surface area contributed by atoms with Gasteiger partial charge in [0.05, 0.1) is 19.6 Å². The first kappa shape index (κ1) is 23.6. The Labute approximate surface area is 197 Å². The molecule has 0 N–H and O–H groups in total. The molecule has 0 aliphatic carbocycles. The van der Waals surface area contributed by atoms with Crippen molar-refractivity contribution in [1.82, 2.24) is 0 Å². The molecule has 0 aliphatic heterocycles. The molecule has 35 heavy (non-hydrogen) atoms. The van der Waals surface area contributed by atoms with Crippen LogP contribution in [0.3, 0.4) is 0 Å². The van der Waals surface area contributed by atoms with E-state index >= 15 is 0 Å². The summed E-state index contributed by atoms with van der Waals surface area (Å²) >= 11 is 0. The van der Waals surface area contributed by atoms with Gasteiger partial charge in [0.15, 0.2) is 0 Å². The van der Waals surface area contributed by atoms with Crippen LogP contribution in [0.1, 0.15) is 0 Å². The molecular weight excluding hydrogens is 482 g/mol. The largest absolute Gasteiger partial charge is 0.270 e. The highest BCUT2D eigenvalue weighted by Crippen LogP contribution is 2.38. The number of benzene rings is 4. The van der Waals surface area contributed by atoms with E-state index in [1.165, 1.54) is 36.4 Å². The van der Waals surface area contributed by atoms with E-state index in [1.807, 2.05) is 0 Å². The highest BCUT2D eigenvalue weighted by Gasteiger charge is 2.27. The Morgan fingerprint density at radius 3 is 1.37 bits per heavy atom. The van der Waals surface area contributed by atoms with Gasteiger partial charge in [-0.25, -0.2) is 17.2 Å². The molecule has 0 heterocycles. The molecular formula is C24H14F2N2O6S. The third kappa shape index (κ3) is 4.62. The maximum absolute atomic E-state index is 14.2. The zero-order chi connectivity index (χ0) is 25.3. The van der Waals surface area contributed by atoms with Gasteiger partial charge in [0.25, 0.3) is 11.4 Å². The Morgan fingerprint density at radius 1 is 0.600 bits per heavy atom. The Bertz CT molecular complexity index is 1490. The molecule has 4 aromatic carbocycles. The van der Waals surface area contributed by atoms with Gasteiger partial charge >= 0.3 is 0 Å². The number of halogens is 2. The monoisotopic (exact) mass is 496 g/mol. The first-order valence-corrected chi connectivity index (χ1v) is 11.4. The summed E-state index contributed by atoms with van der Waals surface area (Å²) in [6, 6.07) is 15.8. The second kappa shape index (κ2) is 9.03. The Morgan fingerprint density at radius 2 is 1.00 bits per heavy atom. The summed E-state index contributed by atoms with van der Waals surface area (Å²) in [5.41, 5.74) is -0.762. The third-order valence-electron chi connectivity index (χ3n) is 5.20. The number of sulfone groups is 1. The van der Waals surface area contributed by atoms with Crippen molar-refractivity contribution in [1.29, 1.82) is 0 Å². The molecule has 0 saturated carbocycles. The number of nitrogens with zero attached hydrogens (tertiary/aromatic N) is 2. The number of hydrogen-bond acceptors (Lipinski definition) is 6. The van der Waals surface area contributed by atoms with Gasteiger partial charge < -0.3 is 0 Å². The van der Waals surface area contributed by atoms with Crippen LogP contribution in [0.25, 0.3) is 22.3 Å². The summed E-state index contributed by atoms with van der Waals surface area (Å²) < 4.78 is 55.9. The zero-order valence-corrected chi connectivity index (χ0v) is 18.4. The van der Waals surface area contributed by atoms with Crippen LogP contribution < -0.4 is 0 Å². The van der Waals surface area contributed by atoms with Crippen LogP contribution in [0.4, 0.5) is 20.2 Å². The average Bonchev–Trinajstić information content (AvgIpc) is 2.83. The highest BCUT2D eigenvalue weighted by atomic mass is 32.2. The van der Waals surface area contributed by atoms with E-state index in [1.54, 1.807) is 0 Å². The SMILES string of the molecule is O=[N+]([O-])c1cccc(-c2cc(F)ccc2S(=O)(=O)c2ccc(F)cc2-c2cccc([N+](=O)[O-])c2)c1. The van der Waals surface area contributed by atoms with Gasteiger partial charge in [-0.05, 0) is 47.5 Å². The topological polar surface area (TPSA) is 120 Å². The summed E-state index contributed by atoms with van der Waals surface area (Å²) in [5.74, 6) is -1.55. The molecule has 4 rings (SSSR count). The van der Waals surface area contributed by atoms with Crippen LogP contribution in [0.5, 0.6) is 0 Å². The van der Waals surface area contributed by atoms with Gasteiger partial charge in [-0.15, -0.1) is 0 Å². The van der Waals surface area contributed by atoms with Crippen LogP contribution in [0.2, 0.25) is 0 Å². The van der Waals surface area contributed by atoms with Gasteiger partial charge in [0.2, 0.25) is 9.84 Å². The fourth-order valence-electron chi connectivity index (χ4n) is 3.62. The normalized spacial score (nSPS) is 11.3. The summed E-state index contributed by atoms with van der Waals surface area (Å²) in [6.07, 6.45) is 0. The van der Waals surface area contributed by atoms with Crippen molar-refractivity contribution in [3.63, 3.8) is 0 Å². The molecule has 0 spiro atoms. The van der Waals surface area contributed by atoms with Crippen LogP contribution in [0.15, 0.2) is 94.7 Å². The van der Waals surface area contributed by atoms with Crippen molar-refractivity contribution in [3.8, 4) is 22.3 Å². The predicted molar refractivity (Wildman–Crippen MR) is 122 cm³/mol. The molecule has 0 amide bonds. The Hall–Kier alpha value is -4.51. The van der Waals surface area contributed by atoms with E-state index < -0.39 is 31.3 Å². The minimum absolute atomic E-state index is 0.0799. The molecule has 176 valence electrons. The number of nitro benzene ring substituents is 2. The first-order chi connectivity index (χ1) is 16.6. The first-order valence-electron chi connectivity index (χ1n) is 9.92. The summed E-state index contributed by atoms with van der Waals surface area (Å²) in [5, 5.41) is 22.4. The number of nitro groups is 2. The lowest BCUT2D eigenvalue weighted by Gasteiger charge is -2.15. The van der Waals surface area contributed by atoms with Crippen LogP contribution in [-0.2, 0) is 9.84 Å². The second-order valence-corrected chi connectivity index (χ2v) is 9.29. The summed E-state index contributed by atoms with van der Waals surface area (Å²) in [7, 11) is -4.47. The van der Waals surface area contributed by atoms with Crippen molar-refractivity contribution in [2.45, 2.75) is 9.79 Å². The van der Waals surface area contributed by atoms with Gasteiger partial charge in [0.1, 0.15) is 11.6 Å². The van der Waals surface area contributed by atoms with Gasteiger partial charge in [-0.2, -0.15) is 0 Å². The van der Waals surface area contributed by atoms with Crippen LogP contribution in [0, 0.1) is 31.9 Å². The number of rotatable bonds is 6. The minimum Gasteiger partial charge on any atom is -0.258 e. The maximum Gasteiger partial charge on any atom is 0.270 e. The number of non-ortho nitro benzene ring substituents is 2. The quantitative estimate of drug-likeness (QED) is 0.185. The van der Waals surface area contributed by atoms with Crippen molar-refractivity contribution >= 4 is 21.2 Å². The lowest BCUT2D eigenvalue weighted by Crippen LogP contribution is -2.07. The fourth-order valence-corrected chi connectivity index (χ4v) is 5.28. The molecule has 4 aromatic rings. The fraction of sp³-hybridized carbons (Fsp3) is 0. The lowest BCUT2D eigenvalue weighted by atomic mass is 10.0.